The zero-order valence-electron chi connectivity index (χ0n) is 15.3. The van der Waals surface area contributed by atoms with E-state index in [0.29, 0.717) is 44.2 Å². The molecule has 1 aromatic rings. The number of unbranched alkanes of at least 4 members (excludes halogenated alkanes) is 2. The van der Waals surface area contributed by atoms with Gasteiger partial charge in [-0.2, -0.15) is 4.31 Å². The Balaban J connectivity index is 2.01. The van der Waals surface area contributed by atoms with E-state index in [1.54, 1.807) is 18.2 Å². The van der Waals surface area contributed by atoms with Gasteiger partial charge in [0.2, 0.25) is 10.0 Å². The lowest BCUT2D eigenvalue weighted by Crippen LogP contribution is -2.49. The fraction of sp³-hybridized carbons (Fsp3) is 0.667. The lowest BCUT2D eigenvalue weighted by Gasteiger charge is -2.33. The Morgan fingerprint density at radius 1 is 1.16 bits per heavy atom. The number of aliphatic hydroxyl groups is 1. The van der Waals surface area contributed by atoms with Crippen molar-refractivity contribution in [2.75, 3.05) is 45.9 Å². The first-order chi connectivity index (χ1) is 12.0. The topological polar surface area (TPSA) is 70.1 Å². The van der Waals surface area contributed by atoms with Crippen LogP contribution in [-0.4, -0.2) is 68.7 Å². The van der Waals surface area contributed by atoms with E-state index >= 15 is 0 Å². The normalized spacial score (nSPS) is 16.9. The number of rotatable bonds is 9. The number of sulfonamides is 1. The first-order valence-electron chi connectivity index (χ1n) is 9.06. The van der Waals surface area contributed by atoms with Crippen molar-refractivity contribution in [2.45, 2.75) is 38.0 Å². The number of benzene rings is 1. The molecule has 0 aliphatic carbocycles. The molecule has 0 unspecified atom stereocenters. The molecule has 0 spiro atoms. The maximum Gasteiger partial charge on any atom is 0.243 e. The second kappa shape index (κ2) is 9.52. The molecule has 1 saturated heterocycles. The van der Waals surface area contributed by atoms with Crippen molar-refractivity contribution in [1.82, 2.24) is 9.21 Å². The van der Waals surface area contributed by atoms with Gasteiger partial charge in [-0.15, -0.1) is 0 Å². The number of aryl methyl sites for hydroxylation is 1. The van der Waals surface area contributed by atoms with Crippen LogP contribution in [0.3, 0.4) is 0 Å². The van der Waals surface area contributed by atoms with E-state index in [1.165, 1.54) is 4.31 Å². The van der Waals surface area contributed by atoms with Crippen LogP contribution in [0.15, 0.2) is 23.1 Å². The summed E-state index contributed by atoms with van der Waals surface area (Å²) in [5.41, 5.74) is 0.844. The lowest BCUT2D eigenvalue weighted by atomic mass is 10.2. The van der Waals surface area contributed by atoms with Crippen LogP contribution >= 0.6 is 0 Å². The highest BCUT2D eigenvalue weighted by molar-refractivity contribution is 7.89. The van der Waals surface area contributed by atoms with E-state index in [9.17, 15) is 8.42 Å². The molecule has 1 aliphatic rings. The van der Waals surface area contributed by atoms with Crippen LogP contribution in [0.2, 0.25) is 0 Å². The molecular weight excluding hydrogens is 340 g/mol. The Bertz CT molecular complexity index is 640. The average Bonchev–Trinajstić information content (AvgIpc) is 2.60. The van der Waals surface area contributed by atoms with Crippen LogP contribution in [-0.2, 0) is 10.0 Å². The van der Waals surface area contributed by atoms with E-state index in [0.717, 1.165) is 30.6 Å². The van der Waals surface area contributed by atoms with Gasteiger partial charge in [0.1, 0.15) is 5.75 Å². The van der Waals surface area contributed by atoms with E-state index in [4.69, 9.17) is 9.84 Å². The molecule has 1 fully saturated rings. The fourth-order valence-corrected chi connectivity index (χ4v) is 4.47. The van der Waals surface area contributed by atoms with E-state index in [-0.39, 0.29) is 6.61 Å². The highest BCUT2D eigenvalue weighted by atomic mass is 32.2. The van der Waals surface area contributed by atoms with Crippen LogP contribution in [0, 0.1) is 6.92 Å². The number of β-amino-alcohol motifs (C(OH)–C–C–N with tert-alkyl or cyclic N) is 1. The first kappa shape index (κ1) is 20.2. The van der Waals surface area contributed by atoms with Gasteiger partial charge in [-0.05, 0) is 37.1 Å². The van der Waals surface area contributed by atoms with Crippen LogP contribution in [0.4, 0.5) is 0 Å². The molecule has 25 heavy (non-hydrogen) atoms. The molecule has 0 atom stereocenters. The van der Waals surface area contributed by atoms with Gasteiger partial charge in [0.15, 0.2) is 0 Å². The molecular formula is C18H30N2O4S. The molecule has 1 aromatic carbocycles. The summed E-state index contributed by atoms with van der Waals surface area (Å²) in [6.07, 6.45) is 3.28. The summed E-state index contributed by atoms with van der Waals surface area (Å²) in [7, 11) is -3.48. The fourth-order valence-electron chi connectivity index (χ4n) is 2.96. The maximum absolute atomic E-state index is 12.8. The van der Waals surface area contributed by atoms with Crippen molar-refractivity contribution in [2.24, 2.45) is 0 Å². The third kappa shape index (κ3) is 5.41. The predicted molar refractivity (Wildman–Crippen MR) is 98.5 cm³/mol. The molecule has 142 valence electrons. The van der Waals surface area contributed by atoms with Crippen LogP contribution < -0.4 is 4.74 Å². The summed E-state index contributed by atoms with van der Waals surface area (Å²) >= 11 is 0. The Hall–Kier alpha value is -1.15. The number of hydrogen-bond donors (Lipinski definition) is 1. The van der Waals surface area contributed by atoms with Gasteiger partial charge >= 0.3 is 0 Å². The highest BCUT2D eigenvalue weighted by Gasteiger charge is 2.28. The largest absolute Gasteiger partial charge is 0.493 e. The van der Waals surface area contributed by atoms with Gasteiger partial charge in [-0.25, -0.2) is 8.42 Å². The summed E-state index contributed by atoms with van der Waals surface area (Å²) in [5, 5.41) is 8.98. The van der Waals surface area contributed by atoms with Crippen molar-refractivity contribution in [1.29, 1.82) is 0 Å². The van der Waals surface area contributed by atoms with Gasteiger partial charge < -0.3 is 9.84 Å². The minimum Gasteiger partial charge on any atom is -0.493 e. The van der Waals surface area contributed by atoms with Gasteiger partial charge in [0, 0.05) is 32.7 Å². The minimum absolute atomic E-state index is 0.103. The summed E-state index contributed by atoms with van der Waals surface area (Å²) in [6.45, 7) is 7.60. The number of piperazine rings is 1. The first-order valence-corrected chi connectivity index (χ1v) is 10.5. The van der Waals surface area contributed by atoms with Crippen molar-refractivity contribution in [3.05, 3.63) is 23.8 Å². The Morgan fingerprint density at radius 2 is 1.88 bits per heavy atom. The van der Waals surface area contributed by atoms with Crippen LogP contribution in [0.25, 0.3) is 0 Å². The van der Waals surface area contributed by atoms with Crippen LogP contribution in [0.5, 0.6) is 5.75 Å². The summed E-state index contributed by atoms with van der Waals surface area (Å²) in [6, 6.07) is 5.10. The number of hydrogen-bond acceptors (Lipinski definition) is 5. The van der Waals surface area contributed by atoms with Gasteiger partial charge in [-0.1, -0.05) is 19.8 Å². The van der Waals surface area contributed by atoms with Gasteiger partial charge in [0.25, 0.3) is 0 Å². The molecule has 1 aliphatic heterocycles. The Kier molecular flexibility index (Phi) is 7.68. The Morgan fingerprint density at radius 3 is 2.48 bits per heavy atom. The third-order valence-electron chi connectivity index (χ3n) is 4.54. The van der Waals surface area contributed by atoms with Crippen molar-refractivity contribution in [3.8, 4) is 5.75 Å². The molecule has 0 aromatic heterocycles. The van der Waals surface area contributed by atoms with Crippen molar-refractivity contribution < 1.29 is 18.3 Å². The third-order valence-corrected chi connectivity index (χ3v) is 6.43. The molecule has 1 heterocycles. The zero-order valence-corrected chi connectivity index (χ0v) is 16.1. The molecule has 0 saturated carbocycles. The van der Waals surface area contributed by atoms with Crippen molar-refractivity contribution in [3.63, 3.8) is 0 Å². The molecule has 7 heteroatoms. The van der Waals surface area contributed by atoms with E-state index < -0.39 is 10.0 Å². The molecule has 1 N–H and O–H groups in total. The Labute approximate surface area is 151 Å². The zero-order chi connectivity index (χ0) is 18.3. The van der Waals surface area contributed by atoms with E-state index in [1.807, 2.05) is 6.92 Å². The maximum atomic E-state index is 12.8. The molecule has 0 radical (unpaired) electrons. The quantitative estimate of drug-likeness (QED) is 0.672. The smallest absolute Gasteiger partial charge is 0.243 e. The van der Waals surface area contributed by atoms with Crippen molar-refractivity contribution >= 4 is 10.0 Å². The highest BCUT2D eigenvalue weighted by Crippen LogP contribution is 2.25. The predicted octanol–water partition coefficient (Wildman–Crippen LogP) is 1.86. The standard InChI is InChI=1S/C18H30N2O4S/c1-3-4-5-14-24-18-7-6-17(15-16(18)2)25(22,23)20-10-8-19(9-11-20)12-13-21/h6-7,15,21H,3-5,8-14H2,1-2H3. The summed E-state index contributed by atoms with van der Waals surface area (Å²) in [4.78, 5) is 2.39. The van der Waals surface area contributed by atoms with Gasteiger partial charge in [-0.3, -0.25) is 4.90 Å². The number of aliphatic hydroxyl groups excluding tert-OH is 1. The number of ether oxygens (including phenoxy) is 1. The summed E-state index contributed by atoms with van der Waals surface area (Å²) in [5.74, 6) is 0.753. The molecule has 6 nitrogen and oxygen atoms in total. The minimum atomic E-state index is -3.48. The summed E-state index contributed by atoms with van der Waals surface area (Å²) < 4.78 is 32.9. The SMILES string of the molecule is CCCCCOc1ccc(S(=O)(=O)N2CCN(CCO)CC2)cc1C. The van der Waals surface area contributed by atoms with E-state index in [2.05, 4.69) is 11.8 Å². The molecule has 0 bridgehead atoms. The number of nitrogens with zero attached hydrogens (tertiary/aromatic N) is 2. The molecule has 0 amide bonds. The van der Waals surface area contributed by atoms with Gasteiger partial charge in [0.05, 0.1) is 18.1 Å². The monoisotopic (exact) mass is 370 g/mol. The second-order valence-electron chi connectivity index (χ2n) is 6.45. The molecule has 2 rings (SSSR count). The second-order valence-corrected chi connectivity index (χ2v) is 8.39. The average molecular weight is 371 g/mol. The van der Waals surface area contributed by atoms with Crippen LogP contribution in [0.1, 0.15) is 31.7 Å². The lowest BCUT2D eigenvalue weighted by molar-refractivity contribution is 0.151.